The molecule has 4 nitrogen and oxygen atoms in total. The molecule has 1 heterocycles. The molecule has 18 heavy (non-hydrogen) atoms. The molecule has 0 saturated carbocycles. The summed E-state index contributed by atoms with van der Waals surface area (Å²) in [4.78, 5) is 4.28. The number of rotatable bonds is 4. The van der Waals surface area contributed by atoms with Crippen molar-refractivity contribution >= 4 is 17.5 Å². The van der Waals surface area contributed by atoms with E-state index in [1.165, 1.54) is 6.21 Å². The van der Waals surface area contributed by atoms with Crippen LogP contribution in [-0.2, 0) is 0 Å². The molecule has 0 aliphatic carbocycles. The van der Waals surface area contributed by atoms with Gasteiger partial charge < -0.3 is 10.8 Å². The first-order chi connectivity index (χ1) is 8.51. The first-order valence-corrected chi connectivity index (χ1v) is 5.61. The van der Waals surface area contributed by atoms with Crippen molar-refractivity contribution in [2.24, 2.45) is 0 Å². The quantitative estimate of drug-likeness (QED) is 0.792. The first-order valence-electron chi connectivity index (χ1n) is 5.61. The van der Waals surface area contributed by atoms with Gasteiger partial charge in [0.25, 0.3) is 0 Å². The van der Waals surface area contributed by atoms with Crippen LogP contribution >= 0.6 is 0 Å². The average Bonchev–Trinajstić information content (AvgIpc) is 2.29. The van der Waals surface area contributed by atoms with Gasteiger partial charge in [-0.05, 0) is 32.4 Å². The largest absolute Gasteiger partial charge is 0.308 e. The predicted molar refractivity (Wildman–Crippen MR) is 73.1 cm³/mol. The minimum atomic E-state index is 0.0853. The molecule has 0 saturated heterocycles. The van der Waals surface area contributed by atoms with E-state index < -0.39 is 0 Å². The highest BCUT2D eigenvalue weighted by molar-refractivity contribution is 6.09. The van der Waals surface area contributed by atoms with Gasteiger partial charge in [-0.25, -0.2) is 0 Å². The summed E-state index contributed by atoms with van der Waals surface area (Å²) in [6, 6.07) is 3.82. The number of allylic oxidation sites excluding steroid dienone is 2. The fourth-order valence-corrected chi connectivity index (χ4v) is 1.67. The smallest absolute Gasteiger partial charge is 0.0774 e. The topological polar surface area (TPSA) is 84.4 Å². The molecule has 2 N–H and O–H groups in total. The average molecular weight is 240 g/mol. The van der Waals surface area contributed by atoms with Crippen LogP contribution in [0.5, 0.6) is 0 Å². The highest BCUT2D eigenvalue weighted by Gasteiger charge is 2.09. The number of nitrogens with one attached hydrogen (secondary N) is 2. The molecule has 4 heteroatoms. The standard InChI is InChI=1S/C14H16N4/c1-9(2)11(7-16)14-6-10(3)12(8-18-14)13(17)4-5-15/h6-8,16-17H,4H2,1-3H3. The Bertz CT molecular complexity index is 558. The number of nitrogens with zero attached hydrogens (tertiary/aromatic N) is 2. The van der Waals surface area contributed by atoms with Gasteiger partial charge in [0.1, 0.15) is 0 Å². The molecule has 0 amide bonds. The number of hydrogen-bond acceptors (Lipinski definition) is 4. The number of pyridine rings is 1. The normalized spacial score (nSPS) is 9.44. The molecular weight excluding hydrogens is 224 g/mol. The second kappa shape index (κ2) is 5.87. The van der Waals surface area contributed by atoms with E-state index in [1.807, 2.05) is 32.9 Å². The minimum absolute atomic E-state index is 0.0853. The van der Waals surface area contributed by atoms with Crippen LogP contribution in [0.3, 0.4) is 0 Å². The third-order valence-corrected chi connectivity index (χ3v) is 2.65. The monoisotopic (exact) mass is 240 g/mol. The van der Waals surface area contributed by atoms with E-state index in [9.17, 15) is 0 Å². The van der Waals surface area contributed by atoms with Crippen molar-refractivity contribution in [3.8, 4) is 6.07 Å². The zero-order chi connectivity index (χ0) is 13.7. The van der Waals surface area contributed by atoms with Gasteiger partial charge in [0, 0.05) is 23.5 Å². The van der Waals surface area contributed by atoms with Crippen LogP contribution in [0.4, 0.5) is 0 Å². The maximum atomic E-state index is 8.59. The molecule has 1 aromatic rings. The van der Waals surface area contributed by atoms with Gasteiger partial charge in [-0.1, -0.05) is 5.57 Å². The lowest BCUT2D eigenvalue weighted by atomic mass is 10.0. The number of aromatic nitrogens is 1. The van der Waals surface area contributed by atoms with Gasteiger partial charge in [0.15, 0.2) is 0 Å². The minimum Gasteiger partial charge on any atom is -0.308 e. The zero-order valence-corrected chi connectivity index (χ0v) is 10.8. The van der Waals surface area contributed by atoms with E-state index in [1.54, 1.807) is 6.20 Å². The van der Waals surface area contributed by atoms with Crippen molar-refractivity contribution in [3.05, 3.63) is 34.7 Å². The molecule has 0 aliphatic rings. The van der Waals surface area contributed by atoms with Gasteiger partial charge in [-0.2, -0.15) is 5.26 Å². The van der Waals surface area contributed by atoms with Crippen molar-refractivity contribution in [2.45, 2.75) is 27.2 Å². The van der Waals surface area contributed by atoms with Crippen molar-refractivity contribution < 1.29 is 0 Å². The summed E-state index contributed by atoms with van der Waals surface area (Å²) in [6.45, 7) is 5.75. The molecule has 0 unspecified atom stereocenters. The maximum absolute atomic E-state index is 8.59. The van der Waals surface area contributed by atoms with E-state index in [0.717, 1.165) is 22.4 Å². The van der Waals surface area contributed by atoms with Crippen LogP contribution in [0, 0.1) is 29.1 Å². The summed E-state index contributed by atoms with van der Waals surface area (Å²) >= 11 is 0. The number of aryl methyl sites for hydroxylation is 1. The number of nitriles is 1. The molecule has 0 radical (unpaired) electrons. The Labute approximate surface area is 107 Å². The Morgan fingerprint density at radius 1 is 1.50 bits per heavy atom. The molecule has 92 valence electrons. The summed E-state index contributed by atoms with van der Waals surface area (Å²) in [6.07, 6.45) is 2.98. The van der Waals surface area contributed by atoms with Crippen LogP contribution < -0.4 is 0 Å². The van der Waals surface area contributed by atoms with E-state index >= 15 is 0 Å². The lowest BCUT2D eigenvalue weighted by molar-refractivity contribution is 1.20. The van der Waals surface area contributed by atoms with Gasteiger partial charge in [-0.15, -0.1) is 0 Å². The number of hydrogen-bond donors (Lipinski definition) is 2. The summed E-state index contributed by atoms with van der Waals surface area (Å²) in [5.74, 6) is 0. The maximum Gasteiger partial charge on any atom is 0.0774 e. The first kappa shape index (κ1) is 13.8. The Kier molecular flexibility index (Phi) is 4.50. The third kappa shape index (κ3) is 2.89. The Morgan fingerprint density at radius 3 is 2.61 bits per heavy atom. The van der Waals surface area contributed by atoms with Crippen LogP contribution in [0.15, 0.2) is 17.8 Å². The second-order valence-corrected chi connectivity index (χ2v) is 4.26. The molecule has 0 spiro atoms. The van der Waals surface area contributed by atoms with Crippen molar-refractivity contribution in [3.63, 3.8) is 0 Å². The van der Waals surface area contributed by atoms with E-state index in [0.29, 0.717) is 5.56 Å². The molecule has 1 aromatic heterocycles. The second-order valence-electron chi connectivity index (χ2n) is 4.26. The van der Waals surface area contributed by atoms with Crippen LogP contribution in [-0.4, -0.2) is 16.9 Å². The van der Waals surface area contributed by atoms with Gasteiger partial charge >= 0.3 is 0 Å². The fraction of sp³-hybridized carbons (Fsp3) is 0.286. The predicted octanol–water partition coefficient (Wildman–Crippen LogP) is 3.11. The van der Waals surface area contributed by atoms with Crippen molar-refractivity contribution in [1.29, 1.82) is 16.1 Å². The van der Waals surface area contributed by atoms with E-state index in [-0.39, 0.29) is 12.1 Å². The zero-order valence-electron chi connectivity index (χ0n) is 10.8. The van der Waals surface area contributed by atoms with Crippen LogP contribution in [0.2, 0.25) is 0 Å². The van der Waals surface area contributed by atoms with Crippen LogP contribution in [0.25, 0.3) is 5.57 Å². The fourth-order valence-electron chi connectivity index (χ4n) is 1.67. The third-order valence-electron chi connectivity index (χ3n) is 2.65. The molecule has 1 rings (SSSR count). The summed E-state index contributed by atoms with van der Waals surface area (Å²) < 4.78 is 0. The highest BCUT2D eigenvalue weighted by atomic mass is 14.7. The van der Waals surface area contributed by atoms with Crippen LogP contribution in [0.1, 0.15) is 37.1 Å². The summed E-state index contributed by atoms with van der Waals surface area (Å²) in [5, 5.41) is 23.7. The van der Waals surface area contributed by atoms with E-state index in [4.69, 9.17) is 16.1 Å². The molecule has 0 atom stereocenters. The Morgan fingerprint density at radius 2 is 2.17 bits per heavy atom. The Hall–Kier alpha value is -2.28. The van der Waals surface area contributed by atoms with Crippen molar-refractivity contribution in [2.75, 3.05) is 0 Å². The molecule has 0 fully saturated rings. The molecule has 0 bridgehead atoms. The lowest BCUT2D eigenvalue weighted by Crippen LogP contribution is -2.04. The van der Waals surface area contributed by atoms with Crippen molar-refractivity contribution in [1.82, 2.24) is 4.98 Å². The lowest BCUT2D eigenvalue weighted by Gasteiger charge is -2.08. The summed E-state index contributed by atoms with van der Waals surface area (Å²) in [5.41, 5.74) is 4.42. The Balaban J connectivity index is 3.23. The van der Waals surface area contributed by atoms with E-state index in [2.05, 4.69) is 4.98 Å². The van der Waals surface area contributed by atoms with Gasteiger partial charge in [-0.3, -0.25) is 4.98 Å². The summed E-state index contributed by atoms with van der Waals surface area (Å²) in [7, 11) is 0. The van der Waals surface area contributed by atoms with Gasteiger partial charge in [0.2, 0.25) is 0 Å². The molecule has 0 aliphatic heterocycles. The molecule has 0 aromatic carbocycles. The SMILES string of the molecule is CC(C)=C(C=N)c1cc(C)c(C(=N)CC#N)cn1. The van der Waals surface area contributed by atoms with Gasteiger partial charge in [0.05, 0.1) is 23.9 Å². The molecular formula is C14H16N4. The highest BCUT2D eigenvalue weighted by Crippen LogP contribution is 2.18.